The van der Waals surface area contributed by atoms with Crippen molar-refractivity contribution in [1.29, 1.82) is 0 Å². The molecule has 0 spiro atoms. The van der Waals surface area contributed by atoms with Crippen LogP contribution in [0.25, 0.3) is 6.08 Å². The number of rotatable bonds is 11. The maximum absolute atomic E-state index is 14.0. The lowest BCUT2D eigenvalue weighted by molar-refractivity contribution is -0.136. The molecule has 4 aromatic rings. The highest BCUT2D eigenvalue weighted by atomic mass is 35.5. The summed E-state index contributed by atoms with van der Waals surface area (Å²) >= 11 is 13.9. The molecule has 12 heteroatoms. The molecule has 0 saturated heterocycles. The van der Waals surface area contributed by atoms with Crippen molar-refractivity contribution in [2.24, 2.45) is 4.99 Å². The molecule has 234 valence electrons. The Labute approximate surface area is 273 Å². The van der Waals surface area contributed by atoms with E-state index < -0.39 is 12.0 Å². The van der Waals surface area contributed by atoms with Gasteiger partial charge in [-0.2, -0.15) is 0 Å². The minimum atomic E-state index is -0.814. The average molecular weight is 670 g/mol. The summed E-state index contributed by atoms with van der Waals surface area (Å²) in [4.78, 5) is 31.7. The van der Waals surface area contributed by atoms with E-state index in [0.717, 1.165) is 5.56 Å². The Balaban J connectivity index is 1.56. The standard InChI is InChI=1S/C33H30Cl2N2O7S/c1-5-42-25-11-10-21(16-26(25)43-6-2)29-23(32(39)41-4)17-36-33-37(29)31(38)28(45-33)15-20-13-24(35)30(27(14-20)40-3)44-18-19-8-7-9-22(34)12-19/h7-17,29H,5-6,18H2,1-4H3/b28-15+/t29-/m0/s1. The molecule has 0 saturated carbocycles. The van der Waals surface area contributed by atoms with Crippen LogP contribution in [0.3, 0.4) is 0 Å². The fourth-order valence-corrected chi connectivity index (χ4v) is 6.34. The van der Waals surface area contributed by atoms with Crippen LogP contribution in [-0.2, 0) is 16.1 Å². The summed E-state index contributed by atoms with van der Waals surface area (Å²) in [5.41, 5.74) is 1.97. The summed E-state index contributed by atoms with van der Waals surface area (Å²) in [5.74, 6) is 1.22. The lowest BCUT2D eigenvalue weighted by Crippen LogP contribution is -2.39. The predicted octanol–water partition coefficient (Wildman–Crippen LogP) is 5.71. The number of aromatic nitrogens is 1. The monoisotopic (exact) mass is 668 g/mol. The van der Waals surface area contributed by atoms with E-state index in [2.05, 4.69) is 4.99 Å². The van der Waals surface area contributed by atoms with Crippen molar-refractivity contribution in [2.75, 3.05) is 27.4 Å². The van der Waals surface area contributed by atoms with E-state index in [0.29, 0.717) is 66.7 Å². The fourth-order valence-electron chi connectivity index (χ4n) is 4.88. The molecular formula is C33H30Cl2N2O7S. The summed E-state index contributed by atoms with van der Waals surface area (Å²) in [6, 6.07) is 15.3. The quantitative estimate of drug-likeness (QED) is 0.189. The molecule has 0 N–H and O–H groups in total. The number of esters is 1. The van der Waals surface area contributed by atoms with Gasteiger partial charge >= 0.3 is 5.97 Å². The minimum Gasteiger partial charge on any atom is -0.493 e. The van der Waals surface area contributed by atoms with E-state index in [1.165, 1.54) is 36.3 Å². The second kappa shape index (κ2) is 14.2. The molecule has 1 aromatic heterocycles. The second-order valence-corrected chi connectivity index (χ2v) is 11.6. The van der Waals surface area contributed by atoms with Crippen LogP contribution < -0.4 is 33.8 Å². The highest BCUT2D eigenvalue weighted by Crippen LogP contribution is 2.38. The normalized spacial score (nSPS) is 14.2. The predicted molar refractivity (Wildman–Crippen MR) is 174 cm³/mol. The van der Waals surface area contributed by atoms with E-state index in [1.807, 2.05) is 26.0 Å². The van der Waals surface area contributed by atoms with Crippen molar-refractivity contribution < 1.29 is 28.5 Å². The molecule has 9 nitrogen and oxygen atoms in total. The third-order valence-corrected chi connectivity index (χ3v) is 8.34. The fraction of sp³-hybridized carbons (Fsp3) is 0.242. The van der Waals surface area contributed by atoms with Gasteiger partial charge in [0, 0.05) is 11.2 Å². The number of hydrogen-bond donors (Lipinski definition) is 0. The van der Waals surface area contributed by atoms with Crippen molar-refractivity contribution in [2.45, 2.75) is 26.5 Å². The molecule has 5 rings (SSSR count). The number of ether oxygens (including phenoxy) is 5. The summed E-state index contributed by atoms with van der Waals surface area (Å²) in [5, 5.41) is 0.906. The Kier molecular flexibility index (Phi) is 10.2. The van der Waals surface area contributed by atoms with Crippen molar-refractivity contribution in [3.63, 3.8) is 0 Å². The molecule has 0 radical (unpaired) electrons. The van der Waals surface area contributed by atoms with Crippen LogP contribution in [0, 0.1) is 0 Å². The van der Waals surface area contributed by atoms with E-state index in [9.17, 15) is 9.59 Å². The molecule has 1 atom stereocenters. The lowest BCUT2D eigenvalue weighted by atomic mass is 9.97. The largest absolute Gasteiger partial charge is 0.493 e. The third-order valence-electron chi connectivity index (χ3n) is 6.83. The highest BCUT2D eigenvalue weighted by Gasteiger charge is 2.31. The summed E-state index contributed by atoms with van der Waals surface area (Å²) in [6.07, 6.45) is 3.13. The molecule has 45 heavy (non-hydrogen) atoms. The number of halogens is 2. The first-order valence-electron chi connectivity index (χ1n) is 14.0. The van der Waals surface area contributed by atoms with E-state index in [1.54, 1.807) is 48.5 Å². The van der Waals surface area contributed by atoms with Crippen molar-refractivity contribution in [3.8, 4) is 23.0 Å². The highest BCUT2D eigenvalue weighted by molar-refractivity contribution is 7.07. The minimum absolute atomic E-state index is 0.203. The van der Waals surface area contributed by atoms with Crippen molar-refractivity contribution in [1.82, 2.24) is 4.57 Å². The number of benzene rings is 3. The number of carbonyl (C=O) groups is 1. The first-order chi connectivity index (χ1) is 21.8. The zero-order chi connectivity index (χ0) is 32.1. The van der Waals surface area contributed by atoms with Crippen LogP contribution >= 0.6 is 34.5 Å². The lowest BCUT2D eigenvalue weighted by Gasteiger charge is -2.23. The van der Waals surface area contributed by atoms with Gasteiger partial charge in [-0.05, 0) is 73.0 Å². The van der Waals surface area contributed by atoms with Crippen LogP contribution in [-0.4, -0.2) is 38.0 Å². The Morgan fingerprint density at radius 2 is 1.76 bits per heavy atom. The number of methoxy groups -OCH3 is 2. The Bertz CT molecular complexity index is 1950. The first kappa shape index (κ1) is 32.2. The van der Waals surface area contributed by atoms with Gasteiger partial charge < -0.3 is 23.7 Å². The second-order valence-electron chi connectivity index (χ2n) is 9.70. The zero-order valence-electron chi connectivity index (χ0n) is 25.0. The number of thiazole rings is 1. The van der Waals surface area contributed by atoms with Crippen LogP contribution in [0.4, 0.5) is 0 Å². The van der Waals surface area contributed by atoms with Gasteiger partial charge in [0.15, 0.2) is 27.8 Å². The van der Waals surface area contributed by atoms with E-state index in [4.69, 9.17) is 46.9 Å². The smallest absolute Gasteiger partial charge is 0.337 e. The Hall–Kier alpha value is -4.25. The van der Waals surface area contributed by atoms with Gasteiger partial charge in [-0.15, -0.1) is 0 Å². The van der Waals surface area contributed by atoms with Crippen LogP contribution in [0.5, 0.6) is 23.0 Å². The molecular weight excluding hydrogens is 639 g/mol. The number of nitrogens with zero attached hydrogens (tertiary/aromatic N) is 2. The third kappa shape index (κ3) is 6.88. The van der Waals surface area contributed by atoms with Crippen LogP contribution in [0.1, 0.15) is 36.6 Å². The average Bonchev–Trinajstić information content (AvgIpc) is 3.35. The molecule has 0 unspecified atom stereocenters. The zero-order valence-corrected chi connectivity index (χ0v) is 27.3. The topological polar surface area (TPSA) is 97.6 Å². The molecule has 1 aliphatic rings. The Morgan fingerprint density at radius 3 is 2.47 bits per heavy atom. The molecule has 3 aromatic carbocycles. The van der Waals surface area contributed by atoms with E-state index in [-0.39, 0.29) is 17.7 Å². The maximum atomic E-state index is 14.0. The van der Waals surface area contributed by atoms with Gasteiger partial charge in [0.25, 0.3) is 5.56 Å². The molecule has 0 amide bonds. The van der Waals surface area contributed by atoms with Gasteiger partial charge in [0.1, 0.15) is 6.61 Å². The van der Waals surface area contributed by atoms with Crippen molar-refractivity contribution in [3.05, 3.63) is 113 Å². The SMILES string of the molecule is CCOc1ccc([C@H]2C(C(=O)OC)=CN=c3s/c(=C/c4cc(Cl)c(OCc5cccc(Cl)c5)c(OC)c4)c(=O)n32)cc1OCC. The summed E-state index contributed by atoms with van der Waals surface area (Å²) in [6.45, 7) is 4.83. The van der Waals surface area contributed by atoms with Crippen LogP contribution in [0.2, 0.25) is 10.0 Å². The summed E-state index contributed by atoms with van der Waals surface area (Å²) in [7, 11) is 2.80. The van der Waals surface area contributed by atoms with Crippen molar-refractivity contribution >= 4 is 46.6 Å². The first-order valence-corrected chi connectivity index (χ1v) is 15.6. The molecule has 2 heterocycles. The number of fused-ring (bicyclic) bond motifs is 1. The van der Waals surface area contributed by atoms with Gasteiger partial charge in [0.2, 0.25) is 0 Å². The number of carbonyl (C=O) groups excluding carboxylic acids is 1. The molecule has 0 aliphatic carbocycles. The van der Waals surface area contributed by atoms with Gasteiger partial charge in [-0.25, -0.2) is 9.79 Å². The summed E-state index contributed by atoms with van der Waals surface area (Å²) < 4.78 is 30.0. The van der Waals surface area contributed by atoms with Gasteiger partial charge in [-0.3, -0.25) is 9.36 Å². The van der Waals surface area contributed by atoms with Gasteiger partial charge in [0.05, 0.1) is 48.6 Å². The molecule has 0 fully saturated rings. The van der Waals surface area contributed by atoms with Gasteiger partial charge in [-0.1, -0.05) is 52.7 Å². The Morgan fingerprint density at radius 1 is 0.978 bits per heavy atom. The number of hydrogen-bond acceptors (Lipinski definition) is 9. The maximum Gasteiger partial charge on any atom is 0.337 e. The van der Waals surface area contributed by atoms with Crippen LogP contribution in [0.15, 0.2) is 76.2 Å². The molecule has 1 aliphatic heterocycles. The molecule has 0 bridgehead atoms. The van der Waals surface area contributed by atoms with E-state index >= 15 is 0 Å².